The molecule has 2 rings (SSSR count). The van der Waals surface area contributed by atoms with Gasteiger partial charge in [0.25, 0.3) is 10.0 Å². The molecule has 0 aliphatic heterocycles. The summed E-state index contributed by atoms with van der Waals surface area (Å²) in [6.07, 6.45) is 0. The van der Waals surface area contributed by atoms with Gasteiger partial charge in [-0.05, 0) is 24.3 Å². The number of nitrogens with one attached hydrogen (secondary N) is 1. The summed E-state index contributed by atoms with van der Waals surface area (Å²) in [4.78, 5) is 0.0524. The number of nitrogen functional groups attached to an aromatic ring is 1. The monoisotopic (exact) mass is 326 g/mol. The summed E-state index contributed by atoms with van der Waals surface area (Å²) < 4.78 is 32.3. The van der Waals surface area contributed by atoms with Gasteiger partial charge in [-0.25, -0.2) is 8.42 Å². The number of hydrogen-bond donors (Lipinski definition) is 2. The van der Waals surface area contributed by atoms with Crippen molar-refractivity contribution in [3.05, 3.63) is 53.1 Å². The number of sulfonamides is 1. The maximum absolute atomic E-state index is 12.4. The van der Waals surface area contributed by atoms with E-state index in [-0.39, 0.29) is 10.6 Å². The quantitative estimate of drug-likeness (QED) is 0.828. The first-order valence-electron chi connectivity index (χ1n) is 6.09. The molecule has 2 aromatic carbocycles. The summed E-state index contributed by atoms with van der Waals surface area (Å²) in [5, 5.41) is 0.314. The summed E-state index contributed by atoms with van der Waals surface area (Å²) in [6, 6.07) is 11.2. The Hall–Kier alpha value is -1.76. The van der Waals surface area contributed by atoms with Crippen molar-refractivity contribution in [2.45, 2.75) is 11.5 Å². The lowest BCUT2D eigenvalue weighted by Crippen LogP contribution is -2.14. The molecule has 0 atom stereocenters. The number of methoxy groups -OCH3 is 1. The number of rotatable bonds is 5. The van der Waals surface area contributed by atoms with Crippen LogP contribution in [0.15, 0.2) is 47.4 Å². The van der Waals surface area contributed by atoms with Crippen LogP contribution in [0.4, 0.5) is 11.4 Å². The van der Waals surface area contributed by atoms with Crippen LogP contribution in [0.25, 0.3) is 0 Å². The summed E-state index contributed by atoms with van der Waals surface area (Å²) in [5.41, 5.74) is 7.06. The third-order valence-electron chi connectivity index (χ3n) is 2.84. The smallest absolute Gasteiger partial charge is 0.261 e. The molecule has 0 saturated heterocycles. The highest BCUT2D eigenvalue weighted by atomic mass is 35.5. The minimum atomic E-state index is -3.74. The molecule has 5 nitrogen and oxygen atoms in total. The van der Waals surface area contributed by atoms with E-state index in [4.69, 9.17) is 22.1 Å². The Morgan fingerprint density at radius 1 is 1.24 bits per heavy atom. The molecule has 0 aliphatic rings. The van der Waals surface area contributed by atoms with Gasteiger partial charge in [-0.2, -0.15) is 0 Å². The highest BCUT2D eigenvalue weighted by Gasteiger charge is 2.16. The lowest BCUT2D eigenvalue weighted by atomic mass is 10.2. The van der Waals surface area contributed by atoms with Crippen LogP contribution in [0.3, 0.4) is 0 Å². The zero-order chi connectivity index (χ0) is 15.5. The molecule has 0 heterocycles. The maximum atomic E-state index is 12.4. The van der Waals surface area contributed by atoms with Crippen LogP contribution in [-0.4, -0.2) is 15.5 Å². The molecular weight excluding hydrogens is 312 g/mol. The van der Waals surface area contributed by atoms with Gasteiger partial charge in [0.1, 0.15) is 0 Å². The zero-order valence-electron chi connectivity index (χ0n) is 11.3. The fourth-order valence-electron chi connectivity index (χ4n) is 1.79. The molecule has 7 heteroatoms. The van der Waals surface area contributed by atoms with Crippen molar-refractivity contribution in [3.63, 3.8) is 0 Å². The molecule has 0 bridgehead atoms. The Kier molecular flexibility index (Phi) is 4.72. The van der Waals surface area contributed by atoms with Crippen molar-refractivity contribution >= 4 is 33.0 Å². The predicted octanol–water partition coefficient (Wildman–Crippen LogP) is 2.87. The van der Waals surface area contributed by atoms with Crippen molar-refractivity contribution in [2.24, 2.45) is 0 Å². The molecule has 0 radical (unpaired) electrons. The van der Waals surface area contributed by atoms with E-state index in [9.17, 15) is 8.42 Å². The maximum Gasteiger partial charge on any atom is 0.261 e. The summed E-state index contributed by atoms with van der Waals surface area (Å²) in [6.45, 7) is 0.307. The highest BCUT2D eigenvalue weighted by Crippen LogP contribution is 2.25. The van der Waals surface area contributed by atoms with Crippen LogP contribution < -0.4 is 10.5 Å². The van der Waals surface area contributed by atoms with Gasteiger partial charge in [-0.3, -0.25) is 4.72 Å². The number of ether oxygens (including phenoxy) is 1. The van der Waals surface area contributed by atoms with E-state index < -0.39 is 10.0 Å². The molecule has 0 saturated carbocycles. The third-order valence-corrected chi connectivity index (χ3v) is 4.55. The molecule has 0 amide bonds. The van der Waals surface area contributed by atoms with Gasteiger partial charge in [0.15, 0.2) is 0 Å². The normalized spacial score (nSPS) is 11.3. The minimum absolute atomic E-state index is 0.0524. The number of anilines is 2. The van der Waals surface area contributed by atoms with Crippen LogP contribution in [0.5, 0.6) is 0 Å². The average Bonchev–Trinajstić information content (AvgIpc) is 2.44. The van der Waals surface area contributed by atoms with Crippen LogP contribution in [0.1, 0.15) is 5.56 Å². The van der Waals surface area contributed by atoms with Gasteiger partial charge >= 0.3 is 0 Å². The summed E-state index contributed by atoms with van der Waals surface area (Å²) in [5.74, 6) is 0. The molecule has 0 aliphatic carbocycles. The van der Waals surface area contributed by atoms with Crippen LogP contribution in [0.2, 0.25) is 5.02 Å². The first-order chi connectivity index (χ1) is 9.94. The van der Waals surface area contributed by atoms with E-state index in [1.54, 1.807) is 25.3 Å². The Morgan fingerprint density at radius 3 is 2.62 bits per heavy atom. The Balaban J connectivity index is 2.35. The van der Waals surface area contributed by atoms with Crippen molar-refractivity contribution in [1.82, 2.24) is 0 Å². The van der Waals surface area contributed by atoms with Gasteiger partial charge < -0.3 is 10.5 Å². The van der Waals surface area contributed by atoms with E-state index in [1.165, 1.54) is 18.2 Å². The Bertz CT molecular complexity index is 748. The van der Waals surface area contributed by atoms with Crippen molar-refractivity contribution in [2.75, 3.05) is 17.6 Å². The summed E-state index contributed by atoms with van der Waals surface area (Å²) in [7, 11) is -2.19. The van der Waals surface area contributed by atoms with E-state index in [0.29, 0.717) is 17.3 Å². The minimum Gasteiger partial charge on any atom is -0.397 e. The first kappa shape index (κ1) is 15.6. The molecular formula is C14H15ClN2O3S. The van der Waals surface area contributed by atoms with Crippen molar-refractivity contribution < 1.29 is 13.2 Å². The molecule has 0 fully saturated rings. The van der Waals surface area contributed by atoms with Crippen LogP contribution in [-0.2, 0) is 21.4 Å². The van der Waals surface area contributed by atoms with Crippen LogP contribution >= 0.6 is 11.6 Å². The van der Waals surface area contributed by atoms with Gasteiger partial charge in [0.2, 0.25) is 0 Å². The number of benzene rings is 2. The standard InChI is InChI=1S/C14H15ClN2O3S/c1-20-9-10-4-2-3-5-14(10)17-21(18,19)11-6-7-12(15)13(16)8-11/h2-8,17H,9,16H2,1H3. The van der Waals surface area contributed by atoms with Crippen molar-refractivity contribution in [3.8, 4) is 0 Å². The topological polar surface area (TPSA) is 81.4 Å². The molecule has 2 aromatic rings. The van der Waals surface area contributed by atoms with Gasteiger partial charge in [-0.1, -0.05) is 29.8 Å². The second-order valence-electron chi connectivity index (χ2n) is 4.38. The number of nitrogens with two attached hydrogens (primary N) is 1. The van der Waals surface area contributed by atoms with E-state index >= 15 is 0 Å². The second-order valence-corrected chi connectivity index (χ2v) is 6.47. The first-order valence-corrected chi connectivity index (χ1v) is 7.95. The molecule has 3 N–H and O–H groups in total. The molecule has 21 heavy (non-hydrogen) atoms. The van der Waals surface area contributed by atoms with E-state index in [1.807, 2.05) is 6.07 Å². The fraction of sp³-hybridized carbons (Fsp3) is 0.143. The fourth-order valence-corrected chi connectivity index (χ4v) is 3.05. The number of hydrogen-bond acceptors (Lipinski definition) is 4. The van der Waals surface area contributed by atoms with Gasteiger partial charge in [-0.15, -0.1) is 0 Å². The Labute approximate surface area is 128 Å². The largest absolute Gasteiger partial charge is 0.397 e. The molecule has 0 unspecified atom stereocenters. The van der Waals surface area contributed by atoms with Gasteiger partial charge in [0, 0.05) is 12.7 Å². The van der Waals surface area contributed by atoms with Crippen LogP contribution in [0, 0.1) is 0 Å². The second kappa shape index (κ2) is 6.34. The average molecular weight is 327 g/mol. The van der Waals surface area contributed by atoms with Gasteiger partial charge in [0.05, 0.1) is 27.9 Å². The Morgan fingerprint density at radius 2 is 1.95 bits per heavy atom. The SMILES string of the molecule is COCc1ccccc1NS(=O)(=O)c1ccc(Cl)c(N)c1. The highest BCUT2D eigenvalue weighted by molar-refractivity contribution is 7.92. The number of halogens is 1. The summed E-state index contributed by atoms with van der Waals surface area (Å²) >= 11 is 5.80. The van der Waals surface area contributed by atoms with Crippen molar-refractivity contribution in [1.29, 1.82) is 0 Å². The lowest BCUT2D eigenvalue weighted by Gasteiger charge is -2.12. The zero-order valence-corrected chi connectivity index (χ0v) is 12.9. The molecule has 0 spiro atoms. The van der Waals surface area contributed by atoms with E-state index in [2.05, 4.69) is 4.72 Å². The molecule has 112 valence electrons. The predicted molar refractivity (Wildman–Crippen MR) is 83.8 cm³/mol. The lowest BCUT2D eigenvalue weighted by molar-refractivity contribution is 0.185. The third kappa shape index (κ3) is 3.66. The van der Waals surface area contributed by atoms with E-state index in [0.717, 1.165) is 5.56 Å². The molecule has 0 aromatic heterocycles. The number of para-hydroxylation sites is 1.